The fourth-order valence-electron chi connectivity index (χ4n) is 1.37. The van der Waals surface area contributed by atoms with Gasteiger partial charge in [0.15, 0.2) is 0 Å². The lowest BCUT2D eigenvalue weighted by Gasteiger charge is -2.10. The Balaban J connectivity index is 2.51. The number of hydrogen-bond acceptors (Lipinski definition) is 4. The number of rotatable bonds is 7. The Bertz CT molecular complexity index is 478. The Morgan fingerprint density at radius 2 is 2.00 bits per heavy atom. The molecule has 0 saturated carbocycles. The maximum absolute atomic E-state index is 12.3. The molecule has 1 aromatic rings. The molecular weight excluding hydrogens is 280 g/mol. The summed E-state index contributed by atoms with van der Waals surface area (Å²) in [6.45, 7) is 0.438. The van der Waals surface area contributed by atoms with Crippen molar-refractivity contribution in [3.63, 3.8) is 0 Å². The third kappa shape index (κ3) is 6.20. The Morgan fingerprint density at radius 3 is 2.61 bits per heavy atom. The molecule has 0 aliphatic rings. The van der Waals surface area contributed by atoms with Gasteiger partial charge in [0.1, 0.15) is 9.84 Å². The van der Waals surface area contributed by atoms with Gasteiger partial charge >= 0.3 is 0 Å². The molecule has 1 rings (SSSR count). The van der Waals surface area contributed by atoms with E-state index in [4.69, 9.17) is 0 Å². The molecule has 0 atom stereocenters. The van der Waals surface area contributed by atoms with Crippen molar-refractivity contribution in [3.8, 4) is 0 Å². The molecule has 0 heterocycles. The molecule has 0 amide bonds. The van der Waals surface area contributed by atoms with Crippen molar-refractivity contribution >= 4 is 27.3 Å². The average Bonchev–Trinajstić information content (AvgIpc) is 2.24. The average molecular weight is 295 g/mol. The third-order valence-corrected chi connectivity index (χ3v) is 3.93. The molecule has 7 heteroatoms. The van der Waals surface area contributed by atoms with Crippen LogP contribution < -0.4 is 5.32 Å². The summed E-state index contributed by atoms with van der Waals surface area (Å²) < 4.78 is 46.4. The van der Waals surface area contributed by atoms with Gasteiger partial charge in [0.25, 0.3) is 5.76 Å². The molecule has 1 aromatic carbocycles. The largest absolute Gasteiger partial charge is 0.384 e. The second kappa shape index (κ2) is 6.94. The highest BCUT2D eigenvalue weighted by molar-refractivity contribution is 7.99. The van der Waals surface area contributed by atoms with Gasteiger partial charge in [-0.1, -0.05) is 23.9 Å². The molecule has 3 nitrogen and oxygen atoms in total. The van der Waals surface area contributed by atoms with E-state index in [1.807, 2.05) is 0 Å². The number of thioether (sulfide) groups is 1. The second-order valence-corrected chi connectivity index (χ2v) is 7.08. The lowest BCUT2D eigenvalue weighted by molar-refractivity contribution is 0.252. The fraction of sp³-hybridized carbons (Fsp3) is 0.455. The topological polar surface area (TPSA) is 46.2 Å². The van der Waals surface area contributed by atoms with Crippen LogP contribution in [0.1, 0.15) is 6.42 Å². The molecule has 102 valence electrons. The number of nitrogens with one attached hydrogen (secondary N) is 1. The maximum atomic E-state index is 12.3. The summed E-state index contributed by atoms with van der Waals surface area (Å²) in [6.07, 6.45) is 1.63. The van der Waals surface area contributed by atoms with Crippen LogP contribution in [-0.2, 0) is 9.84 Å². The molecule has 0 aliphatic carbocycles. The van der Waals surface area contributed by atoms with Gasteiger partial charge in [-0.05, 0) is 18.6 Å². The first-order valence-corrected chi connectivity index (χ1v) is 8.28. The van der Waals surface area contributed by atoms with Crippen molar-refractivity contribution in [2.24, 2.45) is 0 Å². The molecule has 0 aromatic heterocycles. The second-order valence-electron chi connectivity index (χ2n) is 3.78. The summed E-state index contributed by atoms with van der Waals surface area (Å²) in [5, 5.41) is 2.97. The molecule has 0 bridgehead atoms. The van der Waals surface area contributed by atoms with Crippen LogP contribution in [-0.4, -0.2) is 32.7 Å². The summed E-state index contributed by atoms with van der Waals surface area (Å²) >= 11 is 0.475. The summed E-state index contributed by atoms with van der Waals surface area (Å²) in [4.78, 5) is 0.465. The Kier molecular flexibility index (Phi) is 5.87. The van der Waals surface area contributed by atoms with Crippen LogP contribution >= 0.6 is 11.8 Å². The van der Waals surface area contributed by atoms with Crippen LogP contribution in [0.5, 0.6) is 0 Å². The highest BCUT2D eigenvalue weighted by atomic mass is 32.2. The summed E-state index contributed by atoms with van der Waals surface area (Å²) in [5.74, 6) is -2.38. The van der Waals surface area contributed by atoms with E-state index in [1.165, 1.54) is 6.26 Å². The first kappa shape index (κ1) is 15.2. The monoisotopic (exact) mass is 295 g/mol. The Hall–Kier alpha value is -0.820. The first-order valence-electron chi connectivity index (χ1n) is 5.34. The van der Waals surface area contributed by atoms with Crippen molar-refractivity contribution in [3.05, 3.63) is 24.3 Å². The minimum atomic E-state index is -2.97. The van der Waals surface area contributed by atoms with E-state index < -0.39 is 15.6 Å². The van der Waals surface area contributed by atoms with Crippen molar-refractivity contribution < 1.29 is 17.2 Å². The van der Waals surface area contributed by atoms with E-state index in [1.54, 1.807) is 24.3 Å². The lowest BCUT2D eigenvalue weighted by Crippen LogP contribution is -2.10. The highest BCUT2D eigenvalue weighted by Gasteiger charge is 2.09. The van der Waals surface area contributed by atoms with Crippen molar-refractivity contribution in [2.75, 3.05) is 23.9 Å². The Morgan fingerprint density at radius 1 is 1.33 bits per heavy atom. The number of halogens is 2. The molecule has 0 aliphatic heterocycles. The third-order valence-electron chi connectivity index (χ3n) is 2.11. The zero-order valence-electron chi connectivity index (χ0n) is 9.90. The predicted octanol–water partition coefficient (Wildman–Crippen LogP) is 2.85. The van der Waals surface area contributed by atoms with Gasteiger partial charge in [-0.15, -0.1) is 0 Å². The maximum Gasteiger partial charge on any atom is 0.288 e. The quantitative estimate of drug-likeness (QED) is 0.620. The summed E-state index contributed by atoms with van der Waals surface area (Å²) in [7, 11) is -2.97. The SMILES string of the molecule is CS(=O)(=O)CCCNc1ccccc1SC(F)F. The predicted molar refractivity (Wildman–Crippen MR) is 71.1 cm³/mol. The standard InChI is InChI=1S/C11H15F2NO2S2/c1-18(15,16)8-4-7-14-9-5-2-3-6-10(9)17-11(12)13/h2-3,5-6,11,14H,4,7-8H2,1H3. The van der Waals surface area contributed by atoms with E-state index in [-0.39, 0.29) is 5.75 Å². The van der Waals surface area contributed by atoms with Crippen LogP contribution in [0.2, 0.25) is 0 Å². The van der Waals surface area contributed by atoms with Crippen molar-refractivity contribution in [1.29, 1.82) is 0 Å². The van der Waals surface area contributed by atoms with Gasteiger partial charge in [0, 0.05) is 23.4 Å². The van der Waals surface area contributed by atoms with Crippen LogP contribution in [0.25, 0.3) is 0 Å². The smallest absolute Gasteiger partial charge is 0.288 e. The molecule has 0 unspecified atom stereocenters. The van der Waals surface area contributed by atoms with Crippen molar-refractivity contribution in [2.45, 2.75) is 17.1 Å². The van der Waals surface area contributed by atoms with Crippen LogP contribution in [0.3, 0.4) is 0 Å². The number of sulfone groups is 1. The van der Waals surface area contributed by atoms with Gasteiger partial charge in [-0.2, -0.15) is 8.78 Å². The molecule has 18 heavy (non-hydrogen) atoms. The van der Waals surface area contributed by atoms with Crippen LogP contribution in [0.4, 0.5) is 14.5 Å². The van der Waals surface area contributed by atoms with E-state index in [0.717, 1.165) is 0 Å². The van der Waals surface area contributed by atoms with Gasteiger partial charge in [0.05, 0.1) is 5.75 Å². The number of alkyl halides is 2. The number of anilines is 1. The van der Waals surface area contributed by atoms with Crippen molar-refractivity contribution in [1.82, 2.24) is 0 Å². The van der Waals surface area contributed by atoms with E-state index in [9.17, 15) is 17.2 Å². The lowest BCUT2D eigenvalue weighted by atomic mass is 10.3. The van der Waals surface area contributed by atoms with Crippen LogP contribution in [0.15, 0.2) is 29.2 Å². The number of benzene rings is 1. The molecule has 1 N–H and O–H groups in total. The van der Waals surface area contributed by atoms with Gasteiger partial charge in [0.2, 0.25) is 0 Å². The highest BCUT2D eigenvalue weighted by Crippen LogP contribution is 2.31. The first-order chi connectivity index (χ1) is 8.38. The summed E-state index contributed by atoms with van der Waals surface area (Å²) in [5.41, 5.74) is 0.608. The van der Waals surface area contributed by atoms with E-state index in [2.05, 4.69) is 5.32 Å². The molecular formula is C11H15F2NO2S2. The molecule has 0 saturated heterocycles. The fourth-order valence-corrected chi connectivity index (χ4v) is 2.65. The molecule has 0 radical (unpaired) electrons. The Labute approximate surface area is 110 Å². The molecule has 0 fully saturated rings. The van der Waals surface area contributed by atoms with E-state index in [0.29, 0.717) is 35.3 Å². The minimum absolute atomic E-state index is 0.0875. The van der Waals surface area contributed by atoms with Gasteiger partial charge in [-0.3, -0.25) is 0 Å². The zero-order valence-corrected chi connectivity index (χ0v) is 11.5. The zero-order chi connectivity index (χ0) is 13.6. The molecule has 0 spiro atoms. The van der Waals surface area contributed by atoms with E-state index >= 15 is 0 Å². The van der Waals surface area contributed by atoms with Crippen LogP contribution in [0, 0.1) is 0 Å². The number of para-hydroxylation sites is 1. The summed E-state index contributed by atoms with van der Waals surface area (Å²) in [6, 6.07) is 6.74. The van der Waals surface area contributed by atoms with Gasteiger partial charge < -0.3 is 5.32 Å². The minimum Gasteiger partial charge on any atom is -0.384 e. The normalized spacial score (nSPS) is 11.8. The van der Waals surface area contributed by atoms with Gasteiger partial charge in [-0.25, -0.2) is 8.42 Å². The number of hydrogen-bond donors (Lipinski definition) is 1.